The summed E-state index contributed by atoms with van der Waals surface area (Å²) in [6.07, 6.45) is -0.372. The van der Waals surface area contributed by atoms with Crippen molar-refractivity contribution < 1.29 is 14.8 Å². The first-order valence-electron chi connectivity index (χ1n) is 4.20. The average molecular weight is 213 g/mol. The van der Waals surface area contributed by atoms with Gasteiger partial charge in [-0.05, 0) is 11.6 Å². The van der Waals surface area contributed by atoms with Crippen molar-refractivity contribution in [3.8, 4) is 5.75 Å². The van der Waals surface area contributed by atoms with Gasteiger partial charge >= 0.3 is 7.12 Å². The summed E-state index contributed by atoms with van der Waals surface area (Å²) in [5.41, 5.74) is 6.47. The third kappa shape index (κ3) is 1.29. The lowest BCUT2D eigenvalue weighted by atomic mass is 9.78. The summed E-state index contributed by atoms with van der Waals surface area (Å²) in [6.45, 7) is 0.255. The van der Waals surface area contributed by atoms with Crippen LogP contribution < -0.4 is 11.2 Å². The van der Waals surface area contributed by atoms with E-state index >= 15 is 0 Å². The van der Waals surface area contributed by atoms with E-state index in [1.54, 1.807) is 12.1 Å². The molecule has 1 aliphatic rings. The molecule has 0 saturated carbocycles. The minimum Gasteiger partial charge on any atom is -0.507 e. The van der Waals surface area contributed by atoms with E-state index in [0.29, 0.717) is 11.0 Å². The third-order valence-corrected chi connectivity index (χ3v) is 2.61. The first-order chi connectivity index (χ1) is 6.65. The van der Waals surface area contributed by atoms with E-state index in [1.807, 2.05) is 0 Å². The van der Waals surface area contributed by atoms with Crippen molar-refractivity contribution in [1.82, 2.24) is 0 Å². The smallest absolute Gasteiger partial charge is 0.495 e. The maximum absolute atomic E-state index is 9.59. The molecule has 0 fully saturated rings. The van der Waals surface area contributed by atoms with Crippen LogP contribution in [0.2, 0.25) is 5.02 Å². The minimum absolute atomic E-state index is 0.132. The van der Waals surface area contributed by atoms with E-state index in [2.05, 4.69) is 0 Å². The van der Waals surface area contributed by atoms with Crippen molar-refractivity contribution in [3.05, 3.63) is 22.7 Å². The van der Waals surface area contributed by atoms with Gasteiger partial charge in [0.05, 0.1) is 11.1 Å². The molecular weight excluding hydrogens is 204 g/mol. The van der Waals surface area contributed by atoms with Crippen LogP contribution in [-0.2, 0) is 4.65 Å². The maximum atomic E-state index is 9.59. The molecule has 0 saturated heterocycles. The van der Waals surface area contributed by atoms with E-state index in [4.69, 9.17) is 22.0 Å². The highest BCUT2D eigenvalue weighted by Gasteiger charge is 2.37. The molecule has 1 aliphatic heterocycles. The first kappa shape index (κ1) is 9.80. The van der Waals surface area contributed by atoms with Crippen LogP contribution in [-0.4, -0.2) is 23.8 Å². The predicted molar refractivity (Wildman–Crippen MR) is 53.6 cm³/mol. The second-order valence-electron chi connectivity index (χ2n) is 3.11. The summed E-state index contributed by atoms with van der Waals surface area (Å²) < 4.78 is 5.13. The normalized spacial score (nSPS) is 19.9. The Morgan fingerprint density at radius 3 is 2.93 bits per heavy atom. The Bertz CT molecular complexity index is 374. The molecule has 0 radical (unpaired) electrons. The summed E-state index contributed by atoms with van der Waals surface area (Å²) in [5.74, 6) is -0.132. The zero-order chi connectivity index (χ0) is 10.3. The molecule has 0 unspecified atom stereocenters. The fraction of sp³-hybridized carbons (Fsp3) is 0.250. The standard InChI is InChI=1S/C8H9BClNO3/c10-5-2-1-4-6(3-11)14-9(13)7(4)8(5)12/h1-2,6,12-13H,3,11H2/t6-/m1/s1. The van der Waals surface area contributed by atoms with Crippen LogP contribution >= 0.6 is 11.6 Å². The second kappa shape index (κ2) is 3.44. The fourth-order valence-corrected chi connectivity index (χ4v) is 1.78. The first-order valence-corrected chi connectivity index (χ1v) is 4.57. The zero-order valence-electron chi connectivity index (χ0n) is 7.27. The van der Waals surface area contributed by atoms with E-state index < -0.39 is 7.12 Å². The van der Waals surface area contributed by atoms with Gasteiger partial charge in [0.25, 0.3) is 0 Å². The molecule has 1 aromatic rings. The Labute approximate surface area is 86.4 Å². The number of phenols is 1. The van der Waals surface area contributed by atoms with Gasteiger partial charge in [0.15, 0.2) is 0 Å². The summed E-state index contributed by atoms with van der Waals surface area (Å²) in [4.78, 5) is 0. The number of halogens is 1. The molecule has 1 aromatic carbocycles. The average Bonchev–Trinajstić information content (AvgIpc) is 2.49. The molecule has 1 heterocycles. The van der Waals surface area contributed by atoms with Gasteiger partial charge in [-0.2, -0.15) is 0 Å². The Morgan fingerprint density at radius 2 is 2.29 bits per heavy atom. The maximum Gasteiger partial charge on any atom is 0.495 e. The van der Waals surface area contributed by atoms with E-state index in [1.165, 1.54) is 0 Å². The van der Waals surface area contributed by atoms with Crippen molar-refractivity contribution >= 4 is 24.2 Å². The molecule has 0 amide bonds. The minimum atomic E-state index is -1.14. The molecule has 1 atom stereocenters. The number of aromatic hydroxyl groups is 1. The van der Waals surface area contributed by atoms with Gasteiger partial charge < -0.3 is 20.5 Å². The van der Waals surface area contributed by atoms with E-state index in [0.717, 1.165) is 0 Å². The van der Waals surface area contributed by atoms with Gasteiger partial charge in [0.2, 0.25) is 0 Å². The molecule has 14 heavy (non-hydrogen) atoms. The Morgan fingerprint density at radius 1 is 1.57 bits per heavy atom. The number of phenolic OH excluding ortho intramolecular Hbond substituents is 1. The quantitative estimate of drug-likeness (QED) is 0.563. The van der Waals surface area contributed by atoms with Gasteiger partial charge in [-0.3, -0.25) is 0 Å². The van der Waals surface area contributed by atoms with Crippen LogP contribution in [0.25, 0.3) is 0 Å². The Hall–Kier alpha value is -0.745. The van der Waals surface area contributed by atoms with Crippen LogP contribution in [0.4, 0.5) is 0 Å². The highest BCUT2D eigenvalue weighted by Crippen LogP contribution is 2.30. The number of fused-ring (bicyclic) bond motifs is 1. The van der Waals surface area contributed by atoms with Gasteiger partial charge in [0, 0.05) is 12.0 Å². The molecule has 0 aromatic heterocycles. The van der Waals surface area contributed by atoms with E-state index in [9.17, 15) is 10.1 Å². The second-order valence-corrected chi connectivity index (χ2v) is 3.52. The molecular formula is C8H9BClNO3. The highest BCUT2D eigenvalue weighted by atomic mass is 35.5. The summed E-state index contributed by atoms with van der Waals surface area (Å²) >= 11 is 5.70. The lowest BCUT2D eigenvalue weighted by Gasteiger charge is -2.08. The topological polar surface area (TPSA) is 75.7 Å². The van der Waals surface area contributed by atoms with Crippen LogP contribution in [0.3, 0.4) is 0 Å². The Kier molecular flexibility index (Phi) is 2.40. The van der Waals surface area contributed by atoms with Crippen LogP contribution in [0.15, 0.2) is 12.1 Å². The molecule has 0 bridgehead atoms. The Balaban J connectivity index is 2.56. The molecule has 6 heteroatoms. The number of benzene rings is 1. The largest absolute Gasteiger partial charge is 0.507 e. The predicted octanol–water partition coefficient (Wildman–Crippen LogP) is -0.237. The van der Waals surface area contributed by atoms with E-state index in [-0.39, 0.29) is 23.4 Å². The van der Waals surface area contributed by atoms with Crippen LogP contribution in [0.5, 0.6) is 5.75 Å². The lowest BCUT2D eigenvalue weighted by molar-refractivity contribution is 0.198. The molecule has 4 nitrogen and oxygen atoms in total. The third-order valence-electron chi connectivity index (χ3n) is 2.30. The van der Waals surface area contributed by atoms with Crippen molar-refractivity contribution in [2.75, 3.05) is 6.54 Å². The van der Waals surface area contributed by atoms with Crippen molar-refractivity contribution in [1.29, 1.82) is 0 Å². The number of hydrogen-bond acceptors (Lipinski definition) is 4. The fourth-order valence-electron chi connectivity index (χ4n) is 1.62. The summed E-state index contributed by atoms with van der Waals surface area (Å²) in [7, 11) is -1.14. The number of hydrogen-bond donors (Lipinski definition) is 3. The van der Waals surface area contributed by atoms with Crippen molar-refractivity contribution in [2.45, 2.75) is 6.10 Å². The molecule has 4 N–H and O–H groups in total. The molecule has 2 rings (SSSR count). The van der Waals surface area contributed by atoms with Crippen LogP contribution in [0.1, 0.15) is 11.7 Å². The molecule has 0 aliphatic carbocycles. The number of nitrogens with two attached hydrogens (primary N) is 1. The molecule has 74 valence electrons. The van der Waals surface area contributed by atoms with Gasteiger partial charge in [-0.25, -0.2) is 0 Å². The number of rotatable bonds is 1. The van der Waals surface area contributed by atoms with Gasteiger partial charge in [-0.1, -0.05) is 17.7 Å². The van der Waals surface area contributed by atoms with Crippen LogP contribution in [0, 0.1) is 0 Å². The summed E-state index contributed by atoms with van der Waals surface area (Å²) in [6, 6.07) is 3.25. The summed E-state index contributed by atoms with van der Waals surface area (Å²) in [5, 5.41) is 19.3. The zero-order valence-corrected chi connectivity index (χ0v) is 8.03. The van der Waals surface area contributed by atoms with Gasteiger partial charge in [-0.15, -0.1) is 0 Å². The van der Waals surface area contributed by atoms with Crippen molar-refractivity contribution in [2.24, 2.45) is 5.73 Å². The molecule has 0 spiro atoms. The SMILES string of the molecule is NC[C@H]1OB(O)c2c1ccc(Cl)c2O. The lowest BCUT2D eigenvalue weighted by Crippen LogP contribution is -2.28. The van der Waals surface area contributed by atoms with Gasteiger partial charge in [0.1, 0.15) is 5.75 Å². The monoisotopic (exact) mass is 213 g/mol. The van der Waals surface area contributed by atoms with Crippen molar-refractivity contribution in [3.63, 3.8) is 0 Å². The highest BCUT2D eigenvalue weighted by molar-refractivity contribution is 6.63.